The molecule has 8 rings (SSSR count). The summed E-state index contributed by atoms with van der Waals surface area (Å²) in [7, 11) is 0. The lowest BCUT2D eigenvalue weighted by molar-refractivity contribution is 1.08. The van der Waals surface area contributed by atoms with Gasteiger partial charge in [-0.1, -0.05) is 153 Å². The average molecular weight is 647 g/mol. The van der Waals surface area contributed by atoms with Gasteiger partial charge in [0.25, 0.3) is 0 Å². The van der Waals surface area contributed by atoms with Crippen LogP contribution in [0.2, 0.25) is 0 Å². The van der Waals surface area contributed by atoms with Crippen LogP contribution in [0.5, 0.6) is 0 Å². The van der Waals surface area contributed by atoms with E-state index in [-0.39, 0.29) is 0 Å². The lowest BCUT2D eigenvalue weighted by atomic mass is 9.94. The molecule has 0 amide bonds. The first-order valence-electron chi connectivity index (χ1n) is 16.0. The highest BCUT2D eigenvalue weighted by molar-refractivity contribution is 7.19. The zero-order valence-electron chi connectivity index (χ0n) is 26.6. The fourth-order valence-electron chi connectivity index (χ4n) is 6.01. The molecule has 0 fully saturated rings. The van der Waals surface area contributed by atoms with Crippen LogP contribution in [0, 0.1) is 0 Å². The second kappa shape index (κ2) is 13.1. The Bertz CT molecular complexity index is 2510. The van der Waals surface area contributed by atoms with E-state index in [1.165, 1.54) is 5.56 Å². The summed E-state index contributed by atoms with van der Waals surface area (Å²) >= 11 is 1.65. The molecule has 0 radical (unpaired) electrons. The molecule has 2 aromatic heterocycles. The summed E-state index contributed by atoms with van der Waals surface area (Å²) in [5.41, 5.74) is 9.22. The van der Waals surface area contributed by atoms with Crippen LogP contribution in [0.3, 0.4) is 0 Å². The van der Waals surface area contributed by atoms with Crippen LogP contribution in [0.25, 0.3) is 83.0 Å². The van der Waals surface area contributed by atoms with Crippen molar-refractivity contribution in [2.75, 3.05) is 0 Å². The van der Waals surface area contributed by atoms with Crippen LogP contribution in [0.4, 0.5) is 0 Å². The fourth-order valence-corrected chi connectivity index (χ4v) is 6.97. The quantitative estimate of drug-likeness (QED) is 0.154. The number of nitrogens with zero attached hydrogens (tertiary/aromatic N) is 4. The summed E-state index contributed by atoms with van der Waals surface area (Å²) in [6.07, 6.45) is 5.57. The van der Waals surface area contributed by atoms with Gasteiger partial charge in [0.2, 0.25) is 0 Å². The van der Waals surface area contributed by atoms with Gasteiger partial charge in [-0.15, -0.1) is 11.3 Å². The molecular weight excluding hydrogens is 617 g/mol. The molecule has 8 aromatic rings. The van der Waals surface area contributed by atoms with Crippen molar-refractivity contribution >= 4 is 37.9 Å². The van der Waals surface area contributed by atoms with E-state index in [2.05, 4.69) is 116 Å². The van der Waals surface area contributed by atoms with Crippen molar-refractivity contribution in [2.24, 2.45) is 0 Å². The Kier molecular flexibility index (Phi) is 8.02. The molecule has 0 atom stereocenters. The van der Waals surface area contributed by atoms with Crippen LogP contribution < -0.4 is 0 Å². The van der Waals surface area contributed by atoms with E-state index in [4.69, 9.17) is 19.9 Å². The van der Waals surface area contributed by atoms with Crippen LogP contribution in [-0.2, 0) is 0 Å². The Labute approximate surface area is 289 Å². The van der Waals surface area contributed by atoms with Gasteiger partial charge < -0.3 is 0 Å². The van der Waals surface area contributed by atoms with Crippen LogP contribution in [0.1, 0.15) is 5.01 Å². The number of hydrogen-bond donors (Lipinski definition) is 0. The molecule has 0 saturated carbocycles. The molecule has 0 spiro atoms. The fraction of sp³-hybridized carbons (Fsp3) is 0. The Morgan fingerprint density at radius 3 is 1.73 bits per heavy atom. The number of aromatic nitrogens is 4. The number of hydrogen-bond acceptors (Lipinski definition) is 5. The molecule has 0 aliphatic heterocycles. The number of benzene rings is 6. The van der Waals surface area contributed by atoms with Gasteiger partial charge in [-0.05, 0) is 51.2 Å². The summed E-state index contributed by atoms with van der Waals surface area (Å²) in [6.45, 7) is 7.94. The van der Waals surface area contributed by atoms with Crippen molar-refractivity contribution in [3.63, 3.8) is 0 Å². The number of thiazole rings is 1. The molecule has 49 heavy (non-hydrogen) atoms. The van der Waals surface area contributed by atoms with Crippen LogP contribution >= 0.6 is 11.3 Å². The molecular formula is C44H30N4S. The van der Waals surface area contributed by atoms with E-state index in [0.717, 1.165) is 65.0 Å². The van der Waals surface area contributed by atoms with Crippen molar-refractivity contribution in [2.45, 2.75) is 0 Å². The first-order chi connectivity index (χ1) is 24.1. The Morgan fingerprint density at radius 2 is 1.04 bits per heavy atom. The predicted molar refractivity (Wildman–Crippen MR) is 206 cm³/mol. The molecule has 6 aromatic carbocycles. The van der Waals surface area contributed by atoms with Gasteiger partial charge >= 0.3 is 0 Å². The van der Waals surface area contributed by atoms with Crippen molar-refractivity contribution in [3.05, 3.63) is 176 Å². The first-order valence-corrected chi connectivity index (χ1v) is 16.8. The van der Waals surface area contributed by atoms with Crippen molar-refractivity contribution in [1.29, 1.82) is 0 Å². The molecule has 0 bridgehead atoms. The minimum Gasteiger partial charge on any atom is -0.236 e. The molecule has 0 aliphatic rings. The lowest BCUT2D eigenvalue weighted by Gasteiger charge is -2.13. The predicted octanol–water partition coefficient (Wildman–Crippen LogP) is 11.7. The Hall–Kier alpha value is -6.30. The highest BCUT2D eigenvalue weighted by atomic mass is 32.1. The molecule has 0 N–H and O–H groups in total. The molecule has 2 heterocycles. The smallest absolute Gasteiger partial charge is 0.164 e. The topological polar surface area (TPSA) is 51.6 Å². The van der Waals surface area contributed by atoms with Gasteiger partial charge in [0.15, 0.2) is 17.5 Å². The second-order valence-electron chi connectivity index (χ2n) is 11.6. The van der Waals surface area contributed by atoms with E-state index >= 15 is 0 Å². The molecule has 4 nitrogen and oxygen atoms in total. The maximum absolute atomic E-state index is 5.09. The highest BCUT2D eigenvalue weighted by Gasteiger charge is 2.17. The summed E-state index contributed by atoms with van der Waals surface area (Å²) in [5.74, 6) is 1.90. The molecule has 0 unspecified atom stereocenters. The first kappa shape index (κ1) is 30.1. The summed E-state index contributed by atoms with van der Waals surface area (Å²) in [6, 6.07) is 48.1. The second-order valence-corrected chi connectivity index (χ2v) is 12.7. The van der Waals surface area contributed by atoms with E-state index in [9.17, 15) is 0 Å². The van der Waals surface area contributed by atoms with Gasteiger partial charge in [-0.2, -0.15) is 0 Å². The Balaban J connectivity index is 1.24. The summed E-state index contributed by atoms with van der Waals surface area (Å²) in [5, 5.41) is 3.10. The van der Waals surface area contributed by atoms with Gasteiger partial charge in [0.1, 0.15) is 5.01 Å². The van der Waals surface area contributed by atoms with E-state index in [1.807, 2.05) is 48.6 Å². The van der Waals surface area contributed by atoms with Crippen LogP contribution in [-0.4, -0.2) is 19.9 Å². The third-order valence-corrected chi connectivity index (χ3v) is 9.58. The minimum atomic E-state index is 0.632. The molecule has 5 heteroatoms. The SMILES string of the molecule is C=C/C=C\C(=C)c1nc2ccc(-c3ccc(-c4nc(-c5ccccc5)nc(-c5ccc(-c6ccccc6)cc5)n4)c4ccccc34)cc2s1. The maximum Gasteiger partial charge on any atom is 0.164 e. The summed E-state index contributed by atoms with van der Waals surface area (Å²) < 4.78 is 1.11. The number of fused-ring (bicyclic) bond motifs is 2. The zero-order valence-corrected chi connectivity index (χ0v) is 27.4. The molecule has 0 aliphatic carbocycles. The third kappa shape index (κ3) is 6.00. The third-order valence-electron chi connectivity index (χ3n) is 8.49. The van der Waals surface area contributed by atoms with E-state index < -0.39 is 0 Å². The largest absolute Gasteiger partial charge is 0.236 e. The van der Waals surface area contributed by atoms with Gasteiger partial charge in [-0.3, -0.25) is 0 Å². The average Bonchev–Trinajstić information content (AvgIpc) is 3.61. The van der Waals surface area contributed by atoms with E-state index in [0.29, 0.717) is 17.5 Å². The van der Waals surface area contributed by atoms with Crippen molar-refractivity contribution in [3.8, 4) is 56.4 Å². The van der Waals surface area contributed by atoms with Crippen molar-refractivity contribution < 1.29 is 0 Å². The summed E-state index contributed by atoms with van der Waals surface area (Å²) in [4.78, 5) is 19.9. The maximum atomic E-state index is 5.09. The van der Waals surface area contributed by atoms with Crippen LogP contribution in [0.15, 0.2) is 171 Å². The molecule has 232 valence electrons. The zero-order chi connectivity index (χ0) is 33.2. The normalized spacial score (nSPS) is 11.3. The number of rotatable bonds is 8. The lowest BCUT2D eigenvalue weighted by Crippen LogP contribution is -2.00. The number of allylic oxidation sites excluding steroid dienone is 4. The van der Waals surface area contributed by atoms with Gasteiger partial charge in [0.05, 0.1) is 10.2 Å². The van der Waals surface area contributed by atoms with Crippen molar-refractivity contribution in [1.82, 2.24) is 19.9 Å². The van der Waals surface area contributed by atoms with Gasteiger partial charge in [-0.25, -0.2) is 19.9 Å². The minimum absolute atomic E-state index is 0.632. The van der Waals surface area contributed by atoms with E-state index in [1.54, 1.807) is 17.4 Å². The monoisotopic (exact) mass is 646 g/mol. The Morgan fingerprint density at radius 1 is 0.510 bits per heavy atom. The highest BCUT2D eigenvalue weighted by Crippen LogP contribution is 2.38. The standard InChI is InChI=1S/C44H30N4S/c1-3-4-13-29(2)44-45-39-27-24-34(28-40(39)49-44)35-25-26-38(37-19-12-11-18-36(35)37)43-47-41(32-16-9-6-10-17-32)46-42(48-43)33-22-20-31(21-23-33)30-14-7-5-8-15-30/h3-28H,1-2H2/b13-4-. The van der Waals surface area contributed by atoms with Gasteiger partial charge in [0, 0.05) is 22.3 Å². The molecule has 0 saturated heterocycles.